The minimum Gasteiger partial charge on any atom is -0.459 e. The minimum absolute atomic E-state index is 0.473. The van der Waals surface area contributed by atoms with Gasteiger partial charge in [0.05, 0.1) is 6.61 Å². The topological polar surface area (TPSA) is 18.5 Å². The van der Waals surface area contributed by atoms with Gasteiger partial charge in [0.1, 0.15) is 5.76 Å². The molecule has 2 heterocycles. The Bertz CT molecular complexity index is 439. The Kier molecular flexibility index (Phi) is 2.73. The number of hydrogen-bond acceptors (Lipinski definition) is 2. The van der Waals surface area contributed by atoms with Gasteiger partial charge in [0.25, 0.3) is 0 Å². The van der Waals surface area contributed by atoms with Crippen LogP contribution in [-0.2, 0) is 9.47 Å². The van der Waals surface area contributed by atoms with E-state index in [9.17, 15) is 0 Å². The maximum absolute atomic E-state index is 5.92. The van der Waals surface area contributed by atoms with Gasteiger partial charge in [0, 0.05) is 6.42 Å². The van der Waals surface area contributed by atoms with Crippen molar-refractivity contribution in [1.29, 1.82) is 0 Å². The molecule has 2 heteroatoms. The van der Waals surface area contributed by atoms with Crippen molar-refractivity contribution in [2.24, 2.45) is 0 Å². The Hall–Kier alpha value is -1.54. The molecule has 1 atom stereocenters. The number of allylic oxidation sites excluding steroid dienone is 1. The Balaban J connectivity index is 1.76. The predicted octanol–water partition coefficient (Wildman–Crippen LogP) is 3.51. The molecule has 2 nitrogen and oxygen atoms in total. The molecule has 1 aromatic rings. The number of hydrogen-bond donors (Lipinski definition) is 0. The third-order valence-electron chi connectivity index (χ3n) is 3.17. The second-order valence-corrected chi connectivity index (χ2v) is 4.51. The highest BCUT2D eigenvalue weighted by atomic mass is 16.7. The normalized spacial score (nSPS) is 29.8. The molecule has 3 rings (SSSR count). The number of benzene rings is 1. The molecule has 0 aromatic heterocycles. The molecule has 1 aromatic carbocycles. The molecule has 1 unspecified atom stereocenters. The Morgan fingerprint density at radius 1 is 1.12 bits per heavy atom. The summed E-state index contributed by atoms with van der Waals surface area (Å²) >= 11 is 0. The van der Waals surface area contributed by atoms with Gasteiger partial charge in [0.15, 0.2) is 0 Å². The van der Waals surface area contributed by atoms with Crippen molar-refractivity contribution in [2.45, 2.75) is 25.0 Å². The van der Waals surface area contributed by atoms with Crippen LogP contribution in [0.15, 0.2) is 48.2 Å². The van der Waals surface area contributed by atoms with Gasteiger partial charge in [-0.1, -0.05) is 30.3 Å². The van der Waals surface area contributed by atoms with E-state index < -0.39 is 5.79 Å². The molecule has 0 saturated carbocycles. The quantitative estimate of drug-likeness (QED) is 0.732. The summed E-state index contributed by atoms with van der Waals surface area (Å²) in [5.74, 6) is 0.414. The molecule has 0 bridgehead atoms. The van der Waals surface area contributed by atoms with Crippen molar-refractivity contribution in [2.75, 3.05) is 6.61 Å². The Morgan fingerprint density at radius 3 is 2.76 bits per heavy atom. The average Bonchev–Trinajstić information content (AvgIpc) is 2.74. The van der Waals surface area contributed by atoms with E-state index in [2.05, 4.69) is 12.1 Å². The van der Waals surface area contributed by atoms with Crippen LogP contribution in [0.4, 0.5) is 0 Å². The van der Waals surface area contributed by atoms with E-state index in [1.807, 2.05) is 36.4 Å². The maximum atomic E-state index is 5.92. The molecule has 1 fully saturated rings. The molecule has 0 aliphatic carbocycles. The van der Waals surface area contributed by atoms with E-state index in [0.717, 1.165) is 30.8 Å². The standard InChI is InChI=1S/C15H16O2/c1-2-6-13(7-3-1)12-14-8-10-15(17-14)9-4-5-11-16-15/h1-3,6-8,10,12H,4-5,9,11H2/b14-12+. The van der Waals surface area contributed by atoms with Crippen LogP contribution >= 0.6 is 0 Å². The van der Waals surface area contributed by atoms with Crippen molar-refractivity contribution in [3.8, 4) is 0 Å². The largest absolute Gasteiger partial charge is 0.459 e. The fourth-order valence-corrected chi connectivity index (χ4v) is 2.27. The second kappa shape index (κ2) is 4.38. The van der Waals surface area contributed by atoms with E-state index in [1.165, 1.54) is 6.42 Å². The summed E-state index contributed by atoms with van der Waals surface area (Å²) in [6.45, 7) is 0.795. The number of rotatable bonds is 1. The summed E-state index contributed by atoms with van der Waals surface area (Å²) in [6.07, 6.45) is 9.36. The van der Waals surface area contributed by atoms with E-state index in [4.69, 9.17) is 9.47 Å². The van der Waals surface area contributed by atoms with Gasteiger partial charge in [-0.05, 0) is 36.6 Å². The first kappa shape index (κ1) is 10.6. The van der Waals surface area contributed by atoms with Crippen LogP contribution in [0.25, 0.3) is 6.08 Å². The summed E-state index contributed by atoms with van der Waals surface area (Å²) in [7, 11) is 0. The van der Waals surface area contributed by atoms with Crippen molar-refractivity contribution in [3.05, 3.63) is 53.8 Å². The molecule has 2 aliphatic rings. The summed E-state index contributed by atoms with van der Waals surface area (Å²) in [4.78, 5) is 0. The molecule has 17 heavy (non-hydrogen) atoms. The lowest BCUT2D eigenvalue weighted by Gasteiger charge is -2.31. The molecule has 2 aliphatic heterocycles. The van der Waals surface area contributed by atoms with Crippen molar-refractivity contribution in [3.63, 3.8) is 0 Å². The van der Waals surface area contributed by atoms with Gasteiger partial charge in [0.2, 0.25) is 5.79 Å². The monoisotopic (exact) mass is 228 g/mol. The van der Waals surface area contributed by atoms with Crippen LogP contribution in [0.3, 0.4) is 0 Å². The second-order valence-electron chi connectivity index (χ2n) is 4.51. The first-order valence-electron chi connectivity index (χ1n) is 6.15. The van der Waals surface area contributed by atoms with Crippen LogP contribution in [0.5, 0.6) is 0 Å². The van der Waals surface area contributed by atoms with E-state index in [1.54, 1.807) is 0 Å². The molecular formula is C15H16O2. The molecule has 0 radical (unpaired) electrons. The summed E-state index contributed by atoms with van der Waals surface area (Å²) in [5, 5.41) is 0. The SMILES string of the molecule is C1=CC2(CCCCO2)O/C1=C/c1ccccc1. The van der Waals surface area contributed by atoms with Gasteiger partial charge in [-0.15, -0.1) is 0 Å². The fourth-order valence-electron chi connectivity index (χ4n) is 2.27. The summed E-state index contributed by atoms with van der Waals surface area (Å²) in [6, 6.07) is 10.2. The van der Waals surface area contributed by atoms with Crippen LogP contribution in [0.1, 0.15) is 24.8 Å². The Labute approximate surface area is 102 Å². The van der Waals surface area contributed by atoms with E-state index in [0.29, 0.717) is 0 Å². The molecular weight excluding hydrogens is 212 g/mol. The van der Waals surface area contributed by atoms with Crippen LogP contribution in [-0.4, -0.2) is 12.4 Å². The van der Waals surface area contributed by atoms with Crippen molar-refractivity contribution < 1.29 is 9.47 Å². The highest BCUT2D eigenvalue weighted by Gasteiger charge is 2.36. The molecule has 0 amide bonds. The zero-order valence-corrected chi connectivity index (χ0v) is 9.76. The first-order valence-corrected chi connectivity index (χ1v) is 6.15. The third kappa shape index (κ3) is 2.27. The van der Waals surface area contributed by atoms with Gasteiger partial charge in [-0.2, -0.15) is 0 Å². The van der Waals surface area contributed by atoms with Gasteiger partial charge in [-0.25, -0.2) is 0 Å². The highest BCUT2D eigenvalue weighted by molar-refractivity contribution is 5.54. The molecule has 0 N–H and O–H groups in total. The summed E-state index contributed by atoms with van der Waals surface area (Å²) < 4.78 is 11.7. The number of ether oxygens (including phenoxy) is 2. The lowest BCUT2D eigenvalue weighted by molar-refractivity contribution is -0.191. The van der Waals surface area contributed by atoms with Gasteiger partial charge in [-0.3, -0.25) is 0 Å². The molecule has 1 saturated heterocycles. The van der Waals surface area contributed by atoms with E-state index in [-0.39, 0.29) is 0 Å². The average molecular weight is 228 g/mol. The van der Waals surface area contributed by atoms with Crippen molar-refractivity contribution in [1.82, 2.24) is 0 Å². The lowest BCUT2D eigenvalue weighted by atomic mass is 10.1. The van der Waals surface area contributed by atoms with E-state index >= 15 is 0 Å². The molecule has 1 spiro atoms. The zero-order valence-electron chi connectivity index (χ0n) is 9.76. The lowest BCUT2D eigenvalue weighted by Crippen LogP contribution is -2.34. The summed E-state index contributed by atoms with van der Waals surface area (Å²) in [5.41, 5.74) is 1.15. The minimum atomic E-state index is -0.473. The zero-order chi connectivity index (χ0) is 11.6. The van der Waals surface area contributed by atoms with Crippen LogP contribution in [0.2, 0.25) is 0 Å². The first-order chi connectivity index (χ1) is 8.36. The highest BCUT2D eigenvalue weighted by Crippen LogP contribution is 2.35. The Morgan fingerprint density at radius 2 is 2.00 bits per heavy atom. The predicted molar refractivity (Wildman–Crippen MR) is 67.2 cm³/mol. The van der Waals surface area contributed by atoms with Gasteiger partial charge >= 0.3 is 0 Å². The maximum Gasteiger partial charge on any atom is 0.230 e. The molecule has 88 valence electrons. The van der Waals surface area contributed by atoms with Gasteiger partial charge < -0.3 is 9.47 Å². The van der Waals surface area contributed by atoms with Crippen LogP contribution < -0.4 is 0 Å². The fraction of sp³-hybridized carbons (Fsp3) is 0.333. The van der Waals surface area contributed by atoms with Crippen molar-refractivity contribution >= 4 is 6.08 Å². The van der Waals surface area contributed by atoms with Crippen LogP contribution in [0, 0.1) is 0 Å². The smallest absolute Gasteiger partial charge is 0.230 e. The third-order valence-corrected chi connectivity index (χ3v) is 3.17.